The Hall–Kier alpha value is -1.92. The summed E-state index contributed by atoms with van der Waals surface area (Å²) in [6.45, 7) is 4.63. The van der Waals surface area contributed by atoms with Crippen molar-refractivity contribution in [2.45, 2.75) is 31.7 Å². The Bertz CT molecular complexity index is 553. The molecule has 2 N–H and O–H groups in total. The van der Waals surface area contributed by atoms with Crippen LogP contribution in [-0.4, -0.2) is 71.7 Å². The van der Waals surface area contributed by atoms with Crippen LogP contribution in [0.4, 0.5) is 0 Å². The summed E-state index contributed by atoms with van der Waals surface area (Å²) in [5, 5.41) is 15.8. The van der Waals surface area contributed by atoms with Crippen LogP contribution in [0.15, 0.2) is 24.3 Å². The molecule has 2 heterocycles. The van der Waals surface area contributed by atoms with Crippen LogP contribution in [0.1, 0.15) is 35.2 Å². The lowest BCUT2D eigenvalue weighted by Gasteiger charge is -2.35. The summed E-state index contributed by atoms with van der Waals surface area (Å²) in [6, 6.07) is 8.17. The van der Waals surface area contributed by atoms with Gasteiger partial charge in [0, 0.05) is 12.6 Å². The lowest BCUT2D eigenvalue weighted by molar-refractivity contribution is -0.122. The zero-order valence-electron chi connectivity index (χ0n) is 14.8. The van der Waals surface area contributed by atoms with E-state index >= 15 is 0 Å². The van der Waals surface area contributed by atoms with Crippen molar-refractivity contribution >= 4 is 12.4 Å². The molecule has 2 aliphatic heterocycles. The van der Waals surface area contributed by atoms with Gasteiger partial charge in [0.15, 0.2) is 0 Å². The normalized spacial score (nSPS) is 22.2. The summed E-state index contributed by atoms with van der Waals surface area (Å²) in [5.74, 6) is -0.129. The van der Waals surface area contributed by atoms with E-state index in [1.807, 2.05) is 12.1 Å². The highest BCUT2D eigenvalue weighted by Crippen LogP contribution is 2.26. The van der Waals surface area contributed by atoms with Crippen molar-refractivity contribution in [3.05, 3.63) is 35.4 Å². The molecule has 0 bridgehead atoms. The highest BCUT2D eigenvalue weighted by molar-refractivity contribution is 5.87. The van der Waals surface area contributed by atoms with Crippen molar-refractivity contribution in [2.24, 2.45) is 5.92 Å². The minimum Gasteiger partial charge on any atom is -0.483 e. The predicted octanol–water partition coefficient (Wildman–Crippen LogP) is 2.04. The van der Waals surface area contributed by atoms with Crippen LogP contribution in [0, 0.1) is 5.92 Å². The number of nitrogens with zero attached hydrogens (tertiary/aromatic N) is 2. The number of aromatic carboxylic acids is 1. The quantitative estimate of drug-likeness (QED) is 0.811. The molecule has 1 unspecified atom stereocenters. The molecule has 1 atom stereocenters. The summed E-state index contributed by atoms with van der Waals surface area (Å²) in [4.78, 5) is 24.4. The van der Waals surface area contributed by atoms with Gasteiger partial charge in [-0.05, 0) is 76.0 Å². The Morgan fingerprint density at radius 1 is 1.16 bits per heavy atom. The molecule has 6 heteroatoms. The molecule has 3 rings (SSSR count). The minimum atomic E-state index is -0.846. The zero-order chi connectivity index (χ0) is 18.2. The number of rotatable bonds is 4. The van der Waals surface area contributed by atoms with Gasteiger partial charge in [0.2, 0.25) is 0 Å². The van der Waals surface area contributed by atoms with E-state index in [1.165, 1.54) is 51.0 Å². The Labute approximate surface area is 149 Å². The molecule has 2 saturated heterocycles. The second-order valence-corrected chi connectivity index (χ2v) is 7.00. The topological polar surface area (TPSA) is 81.1 Å². The lowest BCUT2D eigenvalue weighted by Crippen LogP contribution is -2.42. The van der Waals surface area contributed by atoms with E-state index in [1.54, 1.807) is 12.1 Å². The summed E-state index contributed by atoms with van der Waals surface area (Å²) in [7, 11) is 2.21. The number of benzene rings is 1. The van der Waals surface area contributed by atoms with Gasteiger partial charge in [-0.15, -0.1) is 0 Å². The monoisotopic (exact) mass is 348 g/mol. The highest BCUT2D eigenvalue weighted by Gasteiger charge is 2.29. The molecule has 2 fully saturated rings. The first-order valence-corrected chi connectivity index (χ1v) is 8.86. The second kappa shape index (κ2) is 9.53. The SMILES string of the molecule is CN1CCC(N2CCC(Cc3ccc(C(=O)O)cc3)C2)CC1.O=CO. The van der Waals surface area contributed by atoms with Gasteiger partial charge >= 0.3 is 5.97 Å². The zero-order valence-corrected chi connectivity index (χ0v) is 14.8. The van der Waals surface area contributed by atoms with Crippen LogP contribution in [0.3, 0.4) is 0 Å². The van der Waals surface area contributed by atoms with Gasteiger partial charge in [0.05, 0.1) is 5.56 Å². The third kappa shape index (κ3) is 5.83. The van der Waals surface area contributed by atoms with Gasteiger partial charge in [-0.25, -0.2) is 4.79 Å². The van der Waals surface area contributed by atoms with E-state index < -0.39 is 5.97 Å². The molecule has 6 nitrogen and oxygen atoms in total. The number of likely N-dealkylation sites (tertiary alicyclic amines) is 2. The van der Waals surface area contributed by atoms with E-state index in [4.69, 9.17) is 15.0 Å². The lowest BCUT2D eigenvalue weighted by atomic mass is 9.97. The predicted molar refractivity (Wildman–Crippen MR) is 96.0 cm³/mol. The molecule has 0 radical (unpaired) electrons. The fraction of sp³-hybridized carbons (Fsp3) is 0.579. The van der Waals surface area contributed by atoms with Gasteiger partial charge in [-0.1, -0.05) is 12.1 Å². The van der Waals surface area contributed by atoms with Gasteiger partial charge < -0.3 is 15.1 Å². The molecule has 0 spiro atoms. The Kier molecular flexibility index (Phi) is 7.40. The number of piperidine rings is 1. The molecule has 2 aliphatic rings. The van der Waals surface area contributed by atoms with Crippen LogP contribution >= 0.6 is 0 Å². The summed E-state index contributed by atoms with van der Waals surface area (Å²) < 4.78 is 0. The van der Waals surface area contributed by atoms with Crippen molar-refractivity contribution in [1.29, 1.82) is 0 Å². The molecular weight excluding hydrogens is 320 g/mol. The summed E-state index contributed by atoms with van der Waals surface area (Å²) in [5.41, 5.74) is 1.64. The van der Waals surface area contributed by atoms with E-state index in [-0.39, 0.29) is 6.47 Å². The van der Waals surface area contributed by atoms with Crippen LogP contribution < -0.4 is 0 Å². The maximum atomic E-state index is 10.9. The third-order valence-electron chi connectivity index (χ3n) is 5.25. The third-order valence-corrected chi connectivity index (χ3v) is 5.25. The van der Waals surface area contributed by atoms with Crippen molar-refractivity contribution < 1.29 is 19.8 Å². The molecule has 1 aromatic rings. The van der Waals surface area contributed by atoms with Gasteiger partial charge in [-0.2, -0.15) is 0 Å². The molecule has 25 heavy (non-hydrogen) atoms. The average molecular weight is 348 g/mol. The van der Waals surface area contributed by atoms with Crippen molar-refractivity contribution in [2.75, 3.05) is 33.2 Å². The molecule has 138 valence electrons. The van der Waals surface area contributed by atoms with Crippen LogP contribution in [0.25, 0.3) is 0 Å². The first-order chi connectivity index (χ1) is 12.0. The second-order valence-electron chi connectivity index (χ2n) is 7.00. The smallest absolute Gasteiger partial charge is 0.335 e. The van der Waals surface area contributed by atoms with Crippen LogP contribution in [0.5, 0.6) is 0 Å². The standard InChI is InChI=1S/C18H26N2O2.CH2O2/c1-19-9-7-17(8-10-19)20-11-6-15(13-20)12-14-2-4-16(5-3-14)18(21)22;2-1-3/h2-5,15,17H,6-13H2,1H3,(H,21,22);1H,(H,2,3). The molecule has 0 aliphatic carbocycles. The number of carbonyl (C=O) groups is 2. The van der Waals surface area contributed by atoms with Gasteiger partial charge in [0.1, 0.15) is 0 Å². The van der Waals surface area contributed by atoms with E-state index in [0.29, 0.717) is 5.56 Å². The molecule has 0 saturated carbocycles. The largest absolute Gasteiger partial charge is 0.483 e. The summed E-state index contributed by atoms with van der Waals surface area (Å²) >= 11 is 0. The number of carboxylic acid groups (broad SMARTS) is 2. The molecule has 0 aromatic heterocycles. The molecule has 1 aromatic carbocycles. The van der Waals surface area contributed by atoms with E-state index in [0.717, 1.165) is 18.4 Å². The summed E-state index contributed by atoms with van der Waals surface area (Å²) in [6.07, 6.45) is 4.95. The minimum absolute atomic E-state index is 0.250. The van der Waals surface area contributed by atoms with Crippen molar-refractivity contribution in [1.82, 2.24) is 9.80 Å². The van der Waals surface area contributed by atoms with E-state index in [2.05, 4.69) is 16.8 Å². The maximum Gasteiger partial charge on any atom is 0.335 e. The highest BCUT2D eigenvalue weighted by atomic mass is 16.4. The van der Waals surface area contributed by atoms with Gasteiger partial charge in [-0.3, -0.25) is 9.69 Å². The Balaban J connectivity index is 0.000000701. The van der Waals surface area contributed by atoms with Gasteiger partial charge in [0.25, 0.3) is 6.47 Å². The Morgan fingerprint density at radius 3 is 2.32 bits per heavy atom. The molecular formula is C19H28N2O4. The van der Waals surface area contributed by atoms with Crippen LogP contribution in [-0.2, 0) is 11.2 Å². The fourth-order valence-corrected chi connectivity index (χ4v) is 3.84. The number of hydrogen-bond donors (Lipinski definition) is 2. The average Bonchev–Trinajstić information content (AvgIpc) is 3.05. The van der Waals surface area contributed by atoms with Crippen LogP contribution in [0.2, 0.25) is 0 Å². The number of hydrogen-bond acceptors (Lipinski definition) is 4. The maximum absolute atomic E-state index is 10.9. The number of carboxylic acids is 1. The first kappa shape index (κ1) is 19.4. The van der Waals surface area contributed by atoms with Crippen molar-refractivity contribution in [3.8, 4) is 0 Å². The van der Waals surface area contributed by atoms with Crippen molar-refractivity contribution in [3.63, 3.8) is 0 Å². The van der Waals surface area contributed by atoms with E-state index in [9.17, 15) is 4.79 Å². The molecule has 0 amide bonds. The fourth-order valence-electron chi connectivity index (χ4n) is 3.84. The first-order valence-electron chi connectivity index (χ1n) is 8.86. The Morgan fingerprint density at radius 2 is 1.76 bits per heavy atom.